The average molecular weight is 430 g/mol. The first-order chi connectivity index (χ1) is 14.2. The molecule has 0 saturated carbocycles. The molecule has 1 N–H and O–H groups in total. The molecule has 0 spiro atoms. The zero-order valence-corrected chi connectivity index (χ0v) is 18.5. The van der Waals surface area contributed by atoms with Crippen molar-refractivity contribution in [3.8, 4) is 5.75 Å². The van der Waals surface area contributed by atoms with E-state index in [0.29, 0.717) is 13.0 Å². The first kappa shape index (κ1) is 21.8. The van der Waals surface area contributed by atoms with E-state index in [4.69, 9.17) is 4.74 Å². The molecule has 160 valence electrons. The van der Waals surface area contributed by atoms with Gasteiger partial charge in [0, 0.05) is 23.9 Å². The molecule has 7 nitrogen and oxygen atoms in total. The number of hydrogen-bond acceptors (Lipinski definition) is 5. The van der Waals surface area contributed by atoms with Crippen LogP contribution in [0.4, 0.5) is 4.79 Å². The van der Waals surface area contributed by atoms with E-state index >= 15 is 0 Å². The number of thiophene rings is 1. The van der Waals surface area contributed by atoms with Gasteiger partial charge in [0.15, 0.2) is 0 Å². The van der Waals surface area contributed by atoms with Crippen molar-refractivity contribution < 1.29 is 19.1 Å². The van der Waals surface area contributed by atoms with Gasteiger partial charge < -0.3 is 15.0 Å². The summed E-state index contributed by atoms with van der Waals surface area (Å²) >= 11 is 1.64. The Balaban J connectivity index is 1.79. The van der Waals surface area contributed by atoms with Crippen LogP contribution in [0.5, 0.6) is 5.75 Å². The second kappa shape index (κ2) is 8.87. The maximum absolute atomic E-state index is 13.2. The standard InChI is InChI=1S/C22H27N3O4S/c1-15(12-18-6-5-11-30-18)24(13-16-7-9-17(29-4)10-8-16)19(26)14-25-20(27)22(2,3)23-21(25)28/h5-11,15H,12-14H2,1-4H3,(H,23,28)/t15-/m0/s1. The topological polar surface area (TPSA) is 79.0 Å². The molecule has 2 aromatic rings. The van der Waals surface area contributed by atoms with E-state index < -0.39 is 17.5 Å². The highest BCUT2D eigenvalue weighted by Gasteiger charge is 2.45. The number of amides is 4. The molecule has 1 aliphatic heterocycles. The van der Waals surface area contributed by atoms with Crippen molar-refractivity contribution in [3.63, 3.8) is 0 Å². The maximum Gasteiger partial charge on any atom is 0.325 e. The summed E-state index contributed by atoms with van der Waals surface area (Å²) in [5.41, 5.74) is -0.0551. The van der Waals surface area contributed by atoms with E-state index in [1.54, 1.807) is 37.2 Å². The Morgan fingerprint density at radius 1 is 1.23 bits per heavy atom. The van der Waals surface area contributed by atoms with Gasteiger partial charge in [0.2, 0.25) is 5.91 Å². The maximum atomic E-state index is 13.2. The number of imide groups is 1. The molecule has 0 unspecified atom stereocenters. The highest BCUT2D eigenvalue weighted by Crippen LogP contribution is 2.21. The Kier molecular flexibility index (Phi) is 6.45. The van der Waals surface area contributed by atoms with Gasteiger partial charge in [-0.15, -0.1) is 11.3 Å². The predicted octanol–water partition coefficient (Wildman–Crippen LogP) is 3.05. The number of hydrogen-bond donors (Lipinski definition) is 1. The van der Waals surface area contributed by atoms with Crippen LogP contribution < -0.4 is 10.1 Å². The number of methoxy groups -OCH3 is 1. The summed E-state index contributed by atoms with van der Waals surface area (Å²) in [6.07, 6.45) is 0.700. The minimum Gasteiger partial charge on any atom is -0.497 e. The van der Waals surface area contributed by atoms with E-state index in [1.807, 2.05) is 48.7 Å². The Hall–Kier alpha value is -2.87. The van der Waals surface area contributed by atoms with Crippen molar-refractivity contribution in [2.24, 2.45) is 0 Å². The molecule has 4 amide bonds. The van der Waals surface area contributed by atoms with Crippen LogP contribution in [0.3, 0.4) is 0 Å². The molecule has 1 aliphatic rings. The van der Waals surface area contributed by atoms with E-state index in [9.17, 15) is 14.4 Å². The lowest BCUT2D eigenvalue weighted by molar-refractivity contribution is -0.140. The monoisotopic (exact) mass is 429 g/mol. The SMILES string of the molecule is COc1ccc(CN(C(=O)CN2C(=O)NC(C)(C)C2=O)[C@@H](C)Cc2cccs2)cc1. The number of benzene rings is 1. The highest BCUT2D eigenvalue weighted by atomic mass is 32.1. The molecular weight excluding hydrogens is 402 g/mol. The smallest absolute Gasteiger partial charge is 0.325 e. The van der Waals surface area contributed by atoms with Gasteiger partial charge in [-0.25, -0.2) is 4.79 Å². The minimum absolute atomic E-state index is 0.105. The number of ether oxygens (including phenoxy) is 1. The van der Waals surface area contributed by atoms with Crippen molar-refractivity contribution in [3.05, 3.63) is 52.2 Å². The normalized spacial score (nSPS) is 16.3. The largest absolute Gasteiger partial charge is 0.497 e. The van der Waals surface area contributed by atoms with Gasteiger partial charge in [-0.3, -0.25) is 14.5 Å². The molecule has 2 heterocycles. The Bertz CT molecular complexity index is 909. The van der Waals surface area contributed by atoms with Gasteiger partial charge in [-0.05, 0) is 49.9 Å². The number of rotatable bonds is 8. The number of carbonyl (C=O) groups excluding carboxylic acids is 3. The Morgan fingerprint density at radius 3 is 2.47 bits per heavy atom. The Labute approximate surface area is 180 Å². The average Bonchev–Trinajstić information content (AvgIpc) is 3.28. The van der Waals surface area contributed by atoms with E-state index in [-0.39, 0.29) is 18.5 Å². The first-order valence-electron chi connectivity index (χ1n) is 9.80. The van der Waals surface area contributed by atoms with E-state index in [1.165, 1.54) is 4.88 Å². The second-order valence-electron chi connectivity index (χ2n) is 7.95. The zero-order chi connectivity index (χ0) is 21.9. The summed E-state index contributed by atoms with van der Waals surface area (Å²) in [6, 6.07) is 10.9. The fourth-order valence-corrected chi connectivity index (χ4v) is 4.26. The molecule has 30 heavy (non-hydrogen) atoms. The molecule has 1 atom stereocenters. The van der Waals surface area contributed by atoms with Crippen LogP contribution in [0.2, 0.25) is 0 Å². The second-order valence-corrected chi connectivity index (χ2v) is 8.98. The van der Waals surface area contributed by atoms with Crippen LogP contribution in [-0.2, 0) is 22.6 Å². The third kappa shape index (κ3) is 4.81. The lowest BCUT2D eigenvalue weighted by atomic mass is 10.1. The van der Waals surface area contributed by atoms with E-state index in [2.05, 4.69) is 5.32 Å². The van der Waals surface area contributed by atoms with Gasteiger partial charge in [0.25, 0.3) is 5.91 Å². The fraction of sp³-hybridized carbons (Fsp3) is 0.409. The van der Waals surface area contributed by atoms with Gasteiger partial charge in [-0.1, -0.05) is 18.2 Å². The van der Waals surface area contributed by atoms with Gasteiger partial charge >= 0.3 is 6.03 Å². The summed E-state index contributed by atoms with van der Waals surface area (Å²) < 4.78 is 5.20. The lowest BCUT2D eigenvalue weighted by Crippen LogP contribution is -2.47. The molecule has 3 rings (SSSR count). The van der Waals surface area contributed by atoms with Crippen molar-refractivity contribution in [1.29, 1.82) is 0 Å². The van der Waals surface area contributed by atoms with Crippen LogP contribution in [0, 0.1) is 0 Å². The lowest BCUT2D eigenvalue weighted by Gasteiger charge is -2.30. The van der Waals surface area contributed by atoms with Crippen molar-refractivity contribution in [1.82, 2.24) is 15.1 Å². The quantitative estimate of drug-likeness (QED) is 0.654. The number of nitrogens with zero attached hydrogens (tertiary/aromatic N) is 2. The molecule has 1 fully saturated rings. The Morgan fingerprint density at radius 2 is 1.93 bits per heavy atom. The van der Waals surface area contributed by atoms with Gasteiger partial charge in [0.1, 0.15) is 17.8 Å². The zero-order valence-electron chi connectivity index (χ0n) is 17.7. The van der Waals surface area contributed by atoms with Crippen LogP contribution >= 0.6 is 11.3 Å². The van der Waals surface area contributed by atoms with Crippen molar-refractivity contribution in [2.45, 2.75) is 45.3 Å². The van der Waals surface area contributed by atoms with Gasteiger partial charge in [-0.2, -0.15) is 0 Å². The molecule has 1 aromatic carbocycles. The third-order valence-corrected chi connectivity index (χ3v) is 6.08. The van der Waals surface area contributed by atoms with Crippen LogP contribution in [0.15, 0.2) is 41.8 Å². The summed E-state index contributed by atoms with van der Waals surface area (Å²) in [7, 11) is 1.60. The molecule has 0 aliphatic carbocycles. The summed E-state index contributed by atoms with van der Waals surface area (Å²) in [5, 5.41) is 4.63. The molecule has 1 saturated heterocycles. The molecule has 0 radical (unpaired) electrons. The predicted molar refractivity (Wildman–Crippen MR) is 115 cm³/mol. The number of nitrogens with one attached hydrogen (secondary N) is 1. The van der Waals surface area contributed by atoms with Crippen LogP contribution in [0.25, 0.3) is 0 Å². The molecular formula is C22H27N3O4S. The molecule has 1 aromatic heterocycles. The fourth-order valence-electron chi connectivity index (χ4n) is 3.44. The minimum atomic E-state index is -0.999. The number of carbonyl (C=O) groups is 3. The van der Waals surface area contributed by atoms with Crippen LogP contribution in [0.1, 0.15) is 31.2 Å². The van der Waals surface area contributed by atoms with E-state index in [0.717, 1.165) is 16.2 Å². The summed E-state index contributed by atoms with van der Waals surface area (Å²) in [6.45, 7) is 5.34. The van der Waals surface area contributed by atoms with Crippen molar-refractivity contribution in [2.75, 3.05) is 13.7 Å². The summed E-state index contributed by atoms with van der Waals surface area (Å²) in [4.78, 5) is 41.9. The van der Waals surface area contributed by atoms with Crippen LogP contribution in [-0.4, -0.2) is 52.9 Å². The third-order valence-electron chi connectivity index (χ3n) is 5.18. The highest BCUT2D eigenvalue weighted by molar-refractivity contribution is 7.09. The first-order valence-corrected chi connectivity index (χ1v) is 10.7. The summed E-state index contributed by atoms with van der Waals surface area (Å²) in [5.74, 6) is 0.0806. The number of urea groups is 1. The molecule has 0 bridgehead atoms. The van der Waals surface area contributed by atoms with Gasteiger partial charge in [0.05, 0.1) is 7.11 Å². The molecule has 8 heteroatoms. The van der Waals surface area contributed by atoms with Crippen molar-refractivity contribution >= 4 is 29.2 Å².